The smallest absolute Gasteiger partial charge is 0.254 e. The first-order chi connectivity index (χ1) is 10.3. The SMILES string of the molecule is O=C1[C@@H]2[C@H]3C=C[C@@H]([C@@H]4C[C@H]34)[C@H]2C(=O)N1N=Cc1cccs1. The third-order valence-electron chi connectivity index (χ3n) is 5.48. The topological polar surface area (TPSA) is 49.7 Å². The van der Waals surface area contributed by atoms with Gasteiger partial charge in [-0.15, -0.1) is 11.3 Å². The molecule has 0 radical (unpaired) electrons. The van der Waals surface area contributed by atoms with Crippen molar-refractivity contribution >= 4 is 29.4 Å². The Balaban J connectivity index is 1.48. The number of amides is 2. The first-order valence-electron chi connectivity index (χ1n) is 7.39. The summed E-state index contributed by atoms with van der Waals surface area (Å²) in [6.07, 6.45) is 7.16. The Hall–Kier alpha value is -1.75. The molecule has 21 heavy (non-hydrogen) atoms. The lowest BCUT2D eigenvalue weighted by Crippen LogP contribution is -2.40. The second-order valence-electron chi connectivity index (χ2n) is 6.40. The molecule has 1 aromatic rings. The van der Waals surface area contributed by atoms with Crippen molar-refractivity contribution in [2.24, 2.45) is 40.6 Å². The first-order valence-corrected chi connectivity index (χ1v) is 8.27. The minimum atomic E-state index is -0.156. The third kappa shape index (κ3) is 1.47. The first kappa shape index (κ1) is 11.9. The van der Waals surface area contributed by atoms with Crippen molar-refractivity contribution in [1.82, 2.24) is 5.01 Å². The fourth-order valence-electron chi connectivity index (χ4n) is 4.53. The molecule has 1 aromatic heterocycles. The maximum absolute atomic E-state index is 12.6. The number of rotatable bonds is 2. The molecule has 1 aliphatic heterocycles. The van der Waals surface area contributed by atoms with Gasteiger partial charge in [-0.2, -0.15) is 10.1 Å². The molecular weight excluding hydrogens is 284 g/mol. The van der Waals surface area contributed by atoms with Crippen LogP contribution in [-0.2, 0) is 9.59 Å². The Bertz CT molecular complexity index is 657. The van der Waals surface area contributed by atoms with E-state index in [0.29, 0.717) is 11.8 Å². The zero-order valence-corrected chi connectivity index (χ0v) is 12.1. The van der Waals surface area contributed by atoms with Crippen LogP contribution < -0.4 is 0 Å². The highest BCUT2D eigenvalue weighted by molar-refractivity contribution is 7.11. The predicted octanol–water partition coefficient (Wildman–Crippen LogP) is 2.14. The summed E-state index contributed by atoms with van der Waals surface area (Å²) >= 11 is 1.54. The Labute approximate surface area is 126 Å². The standard InChI is InChI=1S/C16H14N2O2S/c19-15-13-9-3-4-10(12-6-11(9)12)14(13)16(20)18(15)17-7-8-2-1-5-21-8/h1-5,7,9-14H,6H2/t9-,10-,11-,12+,13+,14+/m0/s1. The van der Waals surface area contributed by atoms with Crippen molar-refractivity contribution in [3.63, 3.8) is 0 Å². The van der Waals surface area contributed by atoms with Crippen molar-refractivity contribution in [2.45, 2.75) is 6.42 Å². The molecule has 2 bridgehead atoms. The monoisotopic (exact) mass is 298 g/mol. The maximum Gasteiger partial charge on any atom is 0.254 e. The second-order valence-corrected chi connectivity index (χ2v) is 7.38. The molecule has 6 rings (SSSR count). The Morgan fingerprint density at radius 2 is 1.81 bits per heavy atom. The molecule has 6 atom stereocenters. The lowest BCUT2D eigenvalue weighted by atomic mass is 9.63. The van der Waals surface area contributed by atoms with Gasteiger partial charge in [0.1, 0.15) is 0 Å². The molecule has 5 heteroatoms. The number of hydrogen-bond acceptors (Lipinski definition) is 4. The highest BCUT2D eigenvalue weighted by Gasteiger charge is 2.67. The van der Waals surface area contributed by atoms with Crippen LogP contribution in [0.3, 0.4) is 0 Å². The Morgan fingerprint density at radius 3 is 2.38 bits per heavy atom. The summed E-state index contributed by atoms with van der Waals surface area (Å²) in [6.45, 7) is 0. The molecular formula is C16H14N2O2S. The normalized spacial score (nSPS) is 42.8. The Kier molecular flexibility index (Phi) is 2.21. The minimum absolute atomic E-state index is 0.0949. The van der Waals surface area contributed by atoms with Gasteiger partial charge in [-0.3, -0.25) is 9.59 Å². The second kappa shape index (κ2) is 3.91. The predicted molar refractivity (Wildman–Crippen MR) is 78.5 cm³/mol. The van der Waals surface area contributed by atoms with Crippen molar-refractivity contribution < 1.29 is 9.59 Å². The summed E-state index contributed by atoms with van der Waals surface area (Å²) in [7, 11) is 0. The highest BCUT2D eigenvalue weighted by Crippen LogP contribution is 2.65. The summed E-state index contributed by atoms with van der Waals surface area (Å²) in [5.41, 5.74) is 0. The third-order valence-corrected chi connectivity index (χ3v) is 6.29. The molecule has 4 aliphatic carbocycles. The van der Waals surface area contributed by atoms with Crippen LogP contribution >= 0.6 is 11.3 Å². The number of carbonyl (C=O) groups is 2. The molecule has 4 nitrogen and oxygen atoms in total. The van der Waals surface area contributed by atoms with Gasteiger partial charge in [0.25, 0.3) is 11.8 Å². The Morgan fingerprint density at radius 1 is 1.14 bits per heavy atom. The average molecular weight is 298 g/mol. The summed E-state index contributed by atoms with van der Waals surface area (Å²) in [6, 6.07) is 3.85. The number of imide groups is 1. The molecule has 2 amide bonds. The molecule has 0 unspecified atom stereocenters. The fraction of sp³-hybridized carbons (Fsp3) is 0.438. The van der Waals surface area contributed by atoms with Crippen molar-refractivity contribution in [3.05, 3.63) is 34.5 Å². The van der Waals surface area contributed by atoms with E-state index in [-0.39, 0.29) is 35.5 Å². The number of carbonyl (C=O) groups excluding carboxylic acids is 2. The summed E-state index contributed by atoms with van der Waals surface area (Å²) < 4.78 is 0. The number of thiophene rings is 1. The van der Waals surface area contributed by atoms with Crippen LogP contribution in [0.25, 0.3) is 0 Å². The van der Waals surface area contributed by atoms with Crippen LogP contribution in [0.1, 0.15) is 11.3 Å². The molecule has 5 aliphatic rings. The van der Waals surface area contributed by atoms with E-state index >= 15 is 0 Å². The van der Waals surface area contributed by atoms with Gasteiger partial charge in [0.05, 0.1) is 18.1 Å². The lowest BCUT2D eigenvalue weighted by molar-refractivity contribution is -0.140. The molecule has 106 valence electrons. The number of hydrogen-bond donors (Lipinski definition) is 0. The zero-order chi connectivity index (χ0) is 14.1. The van der Waals surface area contributed by atoms with Crippen molar-refractivity contribution in [1.29, 1.82) is 0 Å². The van der Waals surface area contributed by atoms with E-state index in [1.807, 2.05) is 17.5 Å². The van der Waals surface area contributed by atoms with E-state index in [4.69, 9.17) is 0 Å². The van der Waals surface area contributed by atoms with E-state index in [2.05, 4.69) is 17.3 Å². The summed E-state index contributed by atoms with van der Waals surface area (Å²) in [5.74, 6) is 1.31. The van der Waals surface area contributed by atoms with Crippen molar-refractivity contribution in [3.8, 4) is 0 Å². The maximum atomic E-state index is 12.6. The van der Waals surface area contributed by atoms with Crippen LogP contribution in [0.2, 0.25) is 0 Å². The number of hydrazone groups is 1. The van der Waals surface area contributed by atoms with E-state index in [1.165, 1.54) is 6.42 Å². The quantitative estimate of drug-likeness (QED) is 0.477. The van der Waals surface area contributed by atoms with Gasteiger partial charge in [-0.25, -0.2) is 0 Å². The van der Waals surface area contributed by atoms with Crippen LogP contribution in [0.5, 0.6) is 0 Å². The molecule has 1 saturated heterocycles. The van der Waals surface area contributed by atoms with Crippen LogP contribution in [-0.4, -0.2) is 23.0 Å². The van der Waals surface area contributed by atoms with Crippen LogP contribution in [0.15, 0.2) is 34.8 Å². The van der Waals surface area contributed by atoms with Gasteiger partial charge in [0, 0.05) is 4.88 Å². The molecule has 0 N–H and O–H groups in total. The largest absolute Gasteiger partial charge is 0.272 e. The van der Waals surface area contributed by atoms with Gasteiger partial charge in [0.15, 0.2) is 0 Å². The number of nitrogens with zero attached hydrogens (tertiary/aromatic N) is 2. The molecule has 0 aromatic carbocycles. The van der Waals surface area contributed by atoms with Gasteiger partial charge < -0.3 is 0 Å². The van der Waals surface area contributed by atoms with Gasteiger partial charge in [-0.1, -0.05) is 18.2 Å². The van der Waals surface area contributed by atoms with Gasteiger partial charge >= 0.3 is 0 Å². The highest BCUT2D eigenvalue weighted by atomic mass is 32.1. The van der Waals surface area contributed by atoms with E-state index < -0.39 is 0 Å². The molecule has 2 saturated carbocycles. The minimum Gasteiger partial charge on any atom is -0.272 e. The molecule has 0 spiro atoms. The van der Waals surface area contributed by atoms with Gasteiger partial charge in [0.2, 0.25) is 0 Å². The molecule has 3 fully saturated rings. The summed E-state index contributed by atoms with van der Waals surface area (Å²) in [4.78, 5) is 26.2. The zero-order valence-electron chi connectivity index (χ0n) is 11.3. The molecule has 2 heterocycles. The van der Waals surface area contributed by atoms with Gasteiger partial charge in [-0.05, 0) is 41.5 Å². The van der Waals surface area contributed by atoms with Crippen molar-refractivity contribution in [2.75, 3.05) is 0 Å². The summed E-state index contributed by atoms with van der Waals surface area (Å²) in [5, 5.41) is 7.26. The number of allylic oxidation sites excluding steroid dienone is 2. The van der Waals surface area contributed by atoms with E-state index in [0.717, 1.165) is 9.89 Å². The van der Waals surface area contributed by atoms with E-state index in [1.54, 1.807) is 17.6 Å². The lowest BCUT2D eigenvalue weighted by Gasteiger charge is -2.37. The van der Waals surface area contributed by atoms with E-state index in [9.17, 15) is 9.59 Å². The fourth-order valence-corrected chi connectivity index (χ4v) is 5.11. The van der Waals surface area contributed by atoms with Crippen LogP contribution in [0.4, 0.5) is 0 Å². The van der Waals surface area contributed by atoms with Crippen LogP contribution in [0, 0.1) is 35.5 Å². The average Bonchev–Trinajstić information content (AvgIpc) is 3.10.